The van der Waals surface area contributed by atoms with Gasteiger partial charge in [-0.3, -0.25) is 14.4 Å². The van der Waals surface area contributed by atoms with E-state index in [4.69, 9.17) is 4.43 Å². The summed E-state index contributed by atoms with van der Waals surface area (Å²) in [5.41, 5.74) is -0.400. The molecule has 154 valence electrons. The van der Waals surface area contributed by atoms with Crippen LogP contribution in [0.15, 0.2) is 60.7 Å². The summed E-state index contributed by atoms with van der Waals surface area (Å²) >= 11 is 2.11. The molecule has 0 bridgehead atoms. The van der Waals surface area contributed by atoms with Crippen molar-refractivity contribution in [2.24, 2.45) is 11.3 Å². The number of Topliss-reactive ketones (excluding diaryl/α,β-unsaturated/α-hetero) is 3. The van der Waals surface area contributed by atoms with E-state index in [0.29, 0.717) is 23.1 Å². The minimum atomic E-state index is -2.14. The molecule has 0 unspecified atom stereocenters. The average molecular weight is 530 g/mol. The molecular formula is C24H23IO4Si. The maximum atomic E-state index is 14.2. The van der Waals surface area contributed by atoms with E-state index < -0.39 is 25.8 Å². The second kappa shape index (κ2) is 7.66. The van der Waals surface area contributed by atoms with Crippen LogP contribution in [0.2, 0.25) is 19.6 Å². The van der Waals surface area contributed by atoms with Crippen LogP contribution >= 0.6 is 22.6 Å². The van der Waals surface area contributed by atoms with Gasteiger partial charge in [-0.25, -0.2) is 0 Å². The number of hydrogen-bond donors (Lipinski definition) is 0. The fourth-order valence-electron chi connectivity index (χ4n) is 4.55. The Morgan fingerprint density at radius 2 is 1.67 bits per heavy atom. The molecule has 0 saturated carbocycles. The Balaban J connectivity index is 2.01. The van der Waals surface area contributed by atoms with Crippen molar-refractivity contribution in [2.45, 2.75) is 32.2 Å². The molecule has 6 heteroatoms. The fraction of sp³-hybridized carbons (Fsp3) is 0.292. The van der Waals surface area contributed by atoms with Crippen molar-refractivity contribution in [3.05, 3.63) is 80.9 Å². The lowest BCUT2D eigenvalue weighted by molar-refractivity contribution is 0.0169. The number of allylic oxidation sites excluding steroid dienone is 1. The molecule has 0 aromatic heterocycles. The van der Waals surface area contributed by atoms with Gasteiger partial charge in [-0.05, 0) is 54.7 Å². The number of rotatable bonds is 4. The first-order chi connectivity index (χ1) is 14.2. The molecule has 2 aliphatic rings. The van der Waals surface area contributed by atoms with Crippen LogP contribution in [0.5, 0.6) is 0 Å². The van der Waals surface area contributed by atoms with Gasteiger partial charge >= 0.3 is 0 Å². The predicted octanol–water partition coefficient (Wildman–Crippen LogP) is 5.34. The molecule has 0 radical (unpaired) electrons. The van der Waals surface area contributed by atoms with Gasteiger partial charge in [0.25, 0.3) is 0 Å². The minimum absolute atomic E-state index is 0.155. The van der Waals surface area contributed by atoms with Gasteiger partial charge in [-0.15, -0.1) is 0 Å². The number of ketones is 3. The first kappa shape index (κ1) is 21.3. The molecule has 0 spiro atoms. The molecule has 0 aliphatic heterocycles. The number of halogens is 1. The Kier molecular flexibility index (Phi) is 5.44. The number of fused-ring (bicyclic) bond motifs is 2. The Bertz CT molecular complexity index is 1080. The molecule has 0 amide bonds. The molecule has 3 atom stereocenters. The SMILES string of the molecule is C[Si](C)(C)O[C@@H]1C=CC[C@H]2C(=O)c3ccccc3C(=O)[C@@]12C(=O)c1ccccc1I. The Labute approximate surface area is 191 Å². The van der Waals surface area contributed by atoms with Crippen LogP contribution in [-0.4, -0.2) is 31.8 Å². The molecular weight excluding hydrogens is 507 g/mol. The summed E-state index contributed by atoms with van der Waals surface area (Å²) in [4.78, 5) is 41.8. The largest absolute Gasteiger partial charge is 0.410 e. The lowest BCUT2D eigenvalue weighted by atomic mass is 9.54. The van der Waals surface area contributed by atoms with Crippen molar-refractivity contribution in [3.8, 4) is 0 Å². The standard InChI is InChI=1S/C24H23IO4Si/c1-30(2,3)29-20-14-8-12-18-21(26)15-9-4-5-10-16(15)22(27)24(18,20)23(28)17-11-6-7-13-19(17)25/h4-11,13-14,18,20H,12H2,1-3H3/t18-,20+,24-/m0/s1. The highest BCUT2D eigenvalue weighted by Gasteiger charge is 2.63. The predicted molar refractivity (Wildman–Crippen MR) is 126 cm³/mol. The van der Waals surface area contributed by atoms with Crippen LogP contribution in [-0.2, 0) is 4.43 Å². The van der Waals surface area contributed by atoms with Crippen LogP contribution in [0, 0.1) is 14.9 Å². The average Bonchev–Trinajstić information content (AvgIpc) is 2.71. The van der Waals surface area contributed by atoms with E-state index in [-0.39, 0.29) is 17.3 Å². The van der Waals surface area contributed by atoms with Crippen molar-refractivity contribution in [2.75, 3.05) is 0 Å². The van der Waals surface area contributed by atoms with E-state index in [1.807, 2.05) is 43.9 Å². The summed E-state index contributed by atoms with van der Waals surface area (Å²) in [6, 6.07) is 14.1. The van der Waals surface area contributed by atoms with Gasteiger partial charge in [0.1, 0.15) is 5.41 Å². The number of carbonyl (C=O) groups is 3. The highest BCUT2D eigenvalue weighted by Crippen LogP contribution is 2.51. The van der Waals surface area contributed by atoms with Crippen LogP contribution in [0.1, 0.15) is 37.5 Å². The number of carbonyl (C=O) groups excluding carboxylic acids is 3. The van der Waals surface area contributed by atoms with Crippen LogP contribution in [0.3, 0.4) is 0 Å². The van der Waals surface area contributed by atoms with Gasteiger partial charge in [0, 0.05) is 26.2 Å². The summed E-state index contributed by atoms with van der Waals surface area (Å²) in [6.45, 7) is 6.08. The Hall–Kier alpha value is -1.90. The zero-order valence-corrected chi connectivity index (χ0v) is 20.3. The van der Waals surface area contributed by atoms with Crippen molar-refractivity contribution in [3.63, 3.8) is 0 Å². The van der Waals surface area contributed by atoms with Crippen molar-refractivity contribution >= 4 is 48.3 Å². The monoisotopic (exact) mass is 530 g/mol. The highest BCUT2D eigenvalue weighted by atomic mass is 127. The van der Waals surface area contributed by atoms with Crippen molar-refractivity contribution < 1.29 is 18.8 Å². The fourth-order valence-corrected chi connectivity index (χ4v) is 6.21. The molecule has 0 heterocycles. The lowest BCUT2D eigenvalue weighted by Crippen LogP contribution is -2.61. The van der Waals surface area contributed by atoms with Crippen LogP contribution < -0.4 is 0 Å². The van der Waals surface area contributed by atoms with Crippen LogP contribution in [0.25, 0.3) is 0 Å². The normalized spacial score (nSPS) is 25.6. The summed E-state index contributed by atoms with van der Waals surface area (Å²) < 4.78 is 7.18. The smallest absolute Gasteiger partial charge is 0.184 e. The van der Waals surface area contributed by atoms with Gasteiger partial charge in [0.2, 0.25) is 0 Å². The molecule has 4 nitrogen and oxygen atoms in total. The molecule has 2 aromatic rings. The Morgan fingerprint density at radius 1 is 1.03 bits per heavy atom. The number of benzene rings is 2. The number of hydrogen-bond acceptors (Lipinski definition) is 4. The quantitative estimate of drug-likeness (QED) is 0.176. The molecule has 0 saturated heterocycles. The topological polar surface area (TPSA) is 60.4 Å². The second-order valence-corrected chi connectivity index (χ2v) is 14.4. The van der Waals surface area contributed by atoms with E-state index in [0.717, 1.165) is 3.57 Å². The van der Waals surface area contributed by atoms with E-state index in [1.165, 1.54) is 0 Å². The summed E-state index contributed by atoms with van der Waals surface area (Å²) in [6.07, 6.45) is 3.29. The van der Waals surface area contributed by atoms with Gasteiger partial charge in [0.05, 0.1) is 6.10 Å². The zero-order valence-electron chi connectivity index (χ0n) is 17.1. The third-order valence-corrected chi connectivity index (χ3v) is 7.69. The van der Waals surface area contributed by atoms with Crippen LogP contribution in [0.4, 0.5) is 0 Å². The molecule has 30 heavy (non-hydrogen) atoms. The van der Waals surface area contributed by atoms with Gasteiger partial charge < -0.3 is 4.43 Å². The second-order valence-electron chi connectivity index (χ2n) is 8.78. The lowest BCUT2D eigenvalue weighted by Gasteiger charge is -2.48. The van der Waals surface area contributed by atoms with Crippen molar-refractivity contribution in [1.29, 1.82) is 0 Å². The first-order valence-electron chi connectivity index (χ1n) is 10.00. The molecule has 2 aliphatic carbocycles. The van der Waals surface area contributed by atoms with E-state index >= 15 is 0 Å². The van der Waals surface area contributed by atoms with Gasteiger partial charge in [-0.2, -0.15) is 0 Å². The van der Waals surface area contributed by atoms with E-state index in [1.54, 1.807) is 36.4 Å². The summed E-state index contributed by atoms with van der Waals surface area (Å²) in [7, 11) is -2.14. The summed E-state index contributed by atoms with van der Waals surface area (Å²) in [5.74, 6) is -1.55. The van der Waals surface area contributed by atoms with Gasteiger partial charge in [0.15, 0.2) is 25.7 Å². The first-order valence-corrected chi connectivity index (χ1v) is 14.5. The Morgan fingerprint density at radius 3 is 2.33 bits per heavy atom. The molecule has 0 N–H and O–H groups in total. The minimum Gasteiger partial charge on any atom is -0.410 e. The highest BCUT2D eigenvalue weighted by molar-refractivity contribution is 14.1. The molecule has 2 aromatic carbocycles. The third kappa shape index (κ3) is 3.25. The van der Waals surface area contributed by atoms with E-state index in [9.17, 15) is 14.4 Å². The summed E-state index contributed by atoms with van der Waals surface area (Å²) in [5, 5.41) is 0. The maximum absolute atomic E-state index is 14.2. The van der Waals surface area contributed by atoms with Gasteiger partial charge in [-0.1, -0.05) is 54.6 Å². The van der Waals surface area contributed by atoms with Crippen molar-refractivity contribution in [1.82, 2.24) is 0 Å². The maximum Gasteiger partial charge on any atom is 0.184 e. The van der Waals surface area contributed by atoms with E-state index in [2.05, 4.69) is 22.6 Å². The molecule has 4 rings (SSSR count). The third-order valence-electron chi connectivity index (χ3n) is 5.79. The molecule has 0 fully saturated rings. The zero-order chi connectivity index (χ0) is 21.7.